The van der Waals surface area contributed by atoms with Crippen molar-refractivity contribution < 1.29 is 0 Å². The van der Waals surface area contributed by atoms with Crippen molar-refractivity contribution in [2.45, 2.75) is 13.3 Å². The van der Waals surface area contributed by atoms with Gasteiger partial charge in [0.05, 0.1) is 0 Å². The second-order valence-corrected chi connectivity index (χ2v) is 3.17. The number of hydrogen-bond acceptors (Lipinski definition) is 1. The summed E-state index contributed by atoms with van der Waals surface area (Å²) in [4.78, 5) is 0. The first kappa shape index (κ1) is 12.8. The molecule has 0 aromatic heterocycles. The third-order valence-electron chi connectivity index (χ3n) is 1.73. The standard InChI is InChI=1S/C10H14ClN.ClH/c1-2-12-7-6-9-4-3-5-10(11)8-9;/h3-5,8,12H,2,6-7H2,1H3;1H. The third kappa shape index (κ3) is 5.14. The highest BCUT2D eigenvalue weighted by Gasteiger charge is 1.92. The van der Waals surface area contributed by atoms with Crippen molar-refractivity contribution in [1.82, 2.24) is 5.32 Å². The first-order chi connectivity index (χ1) is 5.83. The number of nitrogens with one attached hydrogen (secondary N) is 1. The molecular formula is C10H15Cl2N. The molecule has 0 bridgehead atoms. The van der Waals surface area contributed by atoms with Crippen LogP contribution in [0.25, 0.3) is 0 Å². The van der Waals surface area contributed by atoms with Crippen molar-refractivity contribution in [2.24, 2.45) is 0 Å². The van der Waals surface area contributed by atoms with Crippen LogP contribution in [0.4, 0.5) is 0 Å². The van der Waals surface area contributed by atoms with E-state index in [1.165, 1.54) is 5.56 Å². The summed E-state index contributed by atoms with van der Waals surface area (Å²) >= 11 is 5.84. The molecular weight excluding hydrogens is 205 g/mol. The van der Waals surface area contributed by atoms with Crippen molar-refractivity contribution in [2.75, 3.05) is 13.1 Å². The molecule has 0 saturated heterocycles. The van der Waals surface area contributed by atoms with Crippen LogP contribution in [0, 0.1) is 0 Å². The molecule has 0 spiro atoms. The molecule has 0 aliphatic carbocycles. The van der Waals surface area contributed by atoms with Gasteiger partial charge in [-0.15, -0.1) is 12.4 Å². The van der Waals surface area contributed by atoms with E-state index in [-0.39, 0.29) is 12.4 Å². The predicted molar refractivity (Wildman–Crippen MR) is 60.9 cm³/mol. The maximum atomic E-state index is 5.84. The minimum absolute atomic E-state index is 0. The summed E-state index contributed by atoms with van der Waals surface area (Å²) in [6, 6.07) is 8.00. The van der Waals surface area contributed by atoms with Crippen LogP contribution in [0.15, 0.2) is 24.3 Å². The first-order valence-corrected chi connectivity index (χ1v) is 4.66. The molecule has 0 saturated carbocycles. The van der Waals surface area contributed by atoms with Crippen molar-refractivity contribution in [1.29, 1.82) is 0 Å². The van der Waals surface area contributed by atoms with E-state index in [2.05, 4.69) is 18.3 Å². The molecule has 0 amide bonds. The zero-order chi connectivity index (χ0) is 8.81. The molecule has 1 aromatic carbocycles. The summed E-state index contributed by atoms with van der Waals surface area (Å²) in [5.41, 5.74) is 1.29. The van der Waals surface area contributed by atoms with Gasteiger partial charge in [0.15, 0.2) is 0 Å². The molecule has 0 aliphatic rings. The average molecular weight is 220 g/mol. The van der Waals surface area contributed by atoms with Gasteiger partial charge in [0.25, 0.3) is 0 Å². The normalized spacial score (nSPS) is 9.38. The Morgan fingerprint density at radius 3 is 2.77 bits per heavy atom. The zero-order valence-corrected chi connectivity index (χ0v) is 9.29. The Morgan fingerprint density at radius 2 is 2.15 bits per heavy atom. The summed E-state index contributed by atoms with van der Waals surface area (Å²) < 4.78 is 0. The molecule has 0 heterocycles. The number of halogens is 2. The van der Waals surface area contributed by atoms with Gasteiger partial charge in [-0.2, -0.15) is 0 Å². The van der Waals surface area contributed by atoms with E-state index in [0.29, 0.717) is 0 Å². The highest BCUT2D eigenvalue weighted by Crippen LogP contribution is 2.10. The van der Waals surface area contributed by atoms with Crippen LogP contribution in [0.5, 0.6) is 0 Å². The summed E-state index contributed by atoms with van der Waals surface area (Å²) in [6.07, 6.45) is 1.05. The van der Waals surface area contributed by atoms with Crippen molar-refractivity contribution in [3.8, 4) is 0 Å². The van der Waals surface area contributed by atoms with Crippen LogP contribution in [-0.2, 0) is 6.42 Å². The van der Waals surface area contributed by atoms with E-state index in [1.54, 1.807) is 0 Å². The predicted octanol–water partition coefficient (Wildman–Crippen LogP) is 2.91. The minimum Gasteiger partial charge on any atom is -0.317 e. The second-order valence-electron chi connectivity index (χ2n) is 2.73. The lowest BCUT2D eigenvalue weighted by molar-refractivity contribution is 0.716. The smallest absolute Gasteiger partial charge is 0.0408 e. The van der Waals surface area contributed by atoms with Crippen LogP contribution in [-0.4, -0.2) is 13.1 Å². The fourth-order valence-corrected chi connectivity index (χ4v) is 1.31. The molecule has 0 fully saturated rings. The van der Waals surface area contributed by atoms with Gasteiger partial charge in [-0.1, -0.05) is 30.7 Å². The van der Waals surface area contributed by atoms with E-state index in [9.17, 15) is 0 Å². The SMILES string of the molecule is CCNCCc1cccc(Cl)c1.Cl. The van der Waals surface area contributed by atoms with Gasteiger partial charge in [-0.25, -0.2) is 0 Å². The molecule has 3 heteroatoms. The monoisotopic (exact) mass is 219 g/mol. The Hall–Kier alpha value is -0.240. The summed E-state index contributed by atoms with van der Waals surface area (Å²) in [7, 11) is 0. The fraction of sp³-hybridized carbons (Fsp3) is 0.400. The quantitative estimate of drug-likeness (QED) is 0.769. The van der Waals surface area contributed by atoms with E-state index >= 15 is 0 Å². The van der Waals surface area contributed by atoms with Gasteiger partial charge in [0.2, 0.25) is 0 Å². The summed E-state index contributed by atoms with van der Waals surface area (Å²) in [6.45, 7) is 4.16. The molecule has 13 heavy (non-hydrogen) atoms. The van der Waals surface area contributed by atoms with Crippen molar-refractivity contribution in [3.05, 3.63) is 34.9 Å². The fourth-order valence-electron chi connectivity index (χ4n) is 1.10. The van der Waals surface area contributed by atoms with Gasteiger partial charge >= 0.3 is 0 Å². The minimum atomic E-state index is 0. The summed E-state index contributed by atoms with van der Waals surface area (Å²) in [5.74, 6) is 0. The average Bonchev–Trinajstić information content (AvgIpc) is 2.05. The lowest BCUT2D eigenvalue weighted by Gasteiger charge is -2.01. The number of rotatable bonds is 4. The second kappa shape index (κ2) is 7.19. The van der Waals surface area contributed by atoms with Crippen molar-refractivity contribution in [3.63, 3.8) is 0 Å². The third-order valence-corrected chi connectivity index (χ3v) is 1.96. The Morgan fingerprint density at radius 1 is 1.38 bits per heavy atom. The molecule has 0 aliphatic heterocycles. The first-order valence-electron chi connectivity index (χ1n) is 4.28. The van der Waals surface area contributed by atoms with E-state index in [1.807, 2.05) is 18.2 Å². The van der Waals surface area contributed by atoms with Crippen LogP contribution < -0.4 is 5.32 Å². The van der Waals surface area contributed by atoms with Crippen molar-refractivity contribution >= 4 is 24.0 Å². The molecule has 1 rings (SSSR count). The maximum Gasteiger partial charge on any atom is 0.0408 e. The lowest BCUT2D eigenvalue weighted by Crippen LogP contribution is -2.15. The number of benzene rings is 1. The molecule has 1 nitrogen and oxygen atoms in total. The van der Waals surface area contributed by atoms with Crippen LogP contribution >= 0.6 is 24.0 Å². The topological polar surface area (TPSA) is 12.0 Å². The lowest BCUT2D eigenvalue weighted by atomic mass is 10.1. The molecule has 0 atom stereocenters. The molecule has 1 N–H and O–H groups in total. The summed E-state index contributed by atoms with van der Waals surface area (Å²) in [5, 5.41) is 4.10. The van der Waals surface area contributed by atoms with Crippen LogP contribution in [0.1, 0.15) is 12.5 Å². The van der Waals surface area contributed by atoms with Crippen LogP contribution in [0.2, 0.25) is 5.02 Å². The Labute approximate surface area is 90.9 Å². The van der Waals surface area contributed by atoms with Gasteiger partial charge in [-0.3, -0.25) is 0 Å². The highest BCUT2D eigenvalue weighted by molar-refractivity contribution is 6.30. The number of hydrogen-bond donors (Lipinski definition) is 1. The Kier molecular flexibility index (Phi) is 7.06. The van der Waals surface area contributed by atoms with Gasteiger partial charge in [0.1, 0.15) is 0 Å². The van der Waals surface area contributed by atoms with E-state index in [0.717, 1.165) is 24.5 Å². The van der Waals surface area contributed by atoms with E-state index < -0.39 is 0 Å². The van der Waals surface area contributed by atoms with Gasteiger partial charge in [0, 0.05) is 5.02 Å². The molecule has 1 aromatic rings. The van der Waals surface area contributed by atoms with Crippen LogP contribution in [0.3, 0.4) is 0 Å². The highest BCUT2D eigenvalue weighted by atomic mass is 35.5. The Bertz CT molecular complexity index is 238. The molecule has 74 valence electrons. The van der Waals surface area contributed by atoms with E-state index in [4.69, 9.17) is 11.6 Å². The Balaban J connectivity index is 0.00000144. The van der Waals surface area contributed by atoms with Gasteiger partial charge in [-0.05, 0) is 37.2 Å². The molecule has 0 radical (unpaired) electrons. The largest absolute Gasteiger partial charge is 0.317 e. The van der Waals surface area contributed by atoms with Gasteiger partial charge < -0.3 is 5.32 Å². The maximum absolute atomic E-state index is 5.84. The number of likely N-dealkylation sites (N-methyl/N-ethyl adjacent to an activating group) is 1. The molecule has 0 unspecified atom stereocenters. The zero-order valence-electron chi connectivity index (χ0n) is 7.72.